The third-order valence-corrected chi connectivity index (χ3v) is 4.45. The van der Waals surface area contributed by atoms with Crippen LogP contribution in [0.5, 0.6) is 0 Å². The normalized spacial score (nSPS) is 19.7. The van der Waals surface area contributed by atoms with Crippen LogP contribution in [0.15, 0.2) is 0 Å². The summed E-state index contributed by atoms with van der Waals surface area (Å²) in [6, 6.07) is 0. The maximum atomic E-state index is 12.0. The largest absolute Gasteiger partial charge is 0.457 e. The first-order valence-electron chi connectivity index (χ1n) is 8.08. The summed E-state index contributed by atoms with van der Waals surface area (Å²) in [6.07, 6.45) is 6.69. The minimum Gasteiger partial charge on any atom is -0.457 e. The van der Waals surface area contributed by atoms with E-state index in [4.69, 9.17) is 9.47 Å². The van der Waals surface area contributed by atoms with Gasteiger partial charge < -0.3 is 9.47 Å². The van der Waals surface area contributed by atoms with Gasteiger partial charge in [-0.25, -0.2) is 4.79 Å². The number of esters is 2. The van der Waals surface area contributed by atoms with E-state index in [2.05, 4.69) is 0 Å². The van der Waals surface area contributed by atoms with E-state index in [1.807, 2.05) is 13.8 Å². The molecule has 4 heteroatoms. The highest BCUT2D eigenvalue weighted by molar-refractivity contribution is 5.79. The van der Waals surface area contributed by atoms with E-state index in [0.29, 0.717) is 5.92 Å². The van der Waals surface area contributed by atoms with Crippen LogP contribution in [0.3, 0.4) is 0 Å². The molecule has 0 aromatic rings. The van der Waals surface area contributed by atoms with Crippen molar-refractivity contribution >= 4 is 11.9 Å². The Balaban J connectivity index is 2.52. The molecule has 0 N–H and O–H groups in total. The van der Waals surface area contributed by atoms with Gasteiger partial charge in [-0.05, 0) is 52.9 Å². The molecule has 21 heavy (non-hydrogen) atoms. The summed E-state index contributed by atoms with van der Waals surface area (Å²) >= 11 is 0. The molecule has 0 aliphatic heterocycles. The van der Waals surface area contributed by atoms with Gasteiger partial charge in [0.25, 0.3) is 0 Å². The van der Waals surface area contributed by atoms with Gasteiger partial charge in [0.2, 0.25) is 0 Å². The molecular weight excluding hydrogens is 268 g/mol. The van der Waals surface area contributed by atoms with Gasteiger partial charge in [0.15, 0.2) is 6.61 Å². The lowest BCUT2D eigenvalue weighted by molar-refractivity contribution is -0.177. The Labute approximate surface area is 128 Å². The van der Waals surface area contributed by atoms with E-state index in [9.17, 15) is 9.59 Å². The quantitative estimate of drug-likeness (QED) is 0.723. The average molecular weight is 298 g/mol. The second-order valence-corrected chi connectivity index (χ2v) is 7.30. The zero-order chi connectivity index (χ0) is 16.1. The number of carbonyl (C=O) groups excluding carboxylic acids is 2. The number of carbonyl (C=O) groups is 2. The van der Waals surface area contributed by atoms with Crippen molar-refractivity contribution in [2.24, 2.45) is 11.3 Å². The van der Waals surface area contributed by atoms with Crippen LogP contribution in [0.1, 0.15) is 73.1 Å². The molecule has 0 bridgehead atoms. The first-order chi connectivity index (χ1) is 9.69. The molecule has 0 aromatic heterocycles. The van der Waals surface area contributed by atoms with E-state index in [1.54, 1.807) is 20.8 Å². The van der Waals surface area contributed by atoms with Crippen LogP contribution >= 0.6 is 0 Å². The standard InChI is InChI=1S/C17H30O4/c1-6-17(5,13-10-8-7-9-11-13)21-14(18)12-20-15(19)16(2,3)4/h13H,6-12H2,1-5H3. The third-order valence-electron chi connectivity index (χ3n) is 4.45. The van der Waals surface area contributed by atoms with Gasteiger partial charge >= 0.3 is 11.9 Å². The third kappa shape index (κ3) is 5.33. The summed E-state index contributed by atoms with van der Waals surface area (Å²) in [4.78, 5) is 23.7. The molecule has 0 saturated heterocycles. The Morgan fingerprint density at radius 3 is 2.10 bits per heavy atom. The monoisotopic (exact) mass is 298 g/mol. The van der Waals surface area contributed by atoms with Crippen LogP contribution in [0.4, 0.5) is 0 Å². The van der Waals surface area contributed by atoms with E-state index < -0.39 is 17.0 Å². The highest BCUT2D eigenvalue weighted by atomic mass is 16.6. The molecule has 0 spiro atoms. The molecule has 0 radical (unpaired) electrons. The Hall–Kier alpha value is -1.06. The van der Waals surface area contributed by atoms with Crippen molar-refractivity contribution in [1.29, 1.82) is 0 Å². The molecule has 1 aliphatic carbocycles. The SMILES string of the molecule is CCC(C)(OC(=O)COC(=O)C(C)(C)C)C1CCCCC1. The van der Waals surface area contributed by atoms with Gasteiger partial charge in [-0.3, -0.25) is 4.79 Å². The van der Waals surface area contributed by atoms with Gasteiger partial charge in [0.05, 0.1) is 5.41 Å². The number of rotatable bonds is 5. The van der Waals surface area contributed by atoms with Crippen molar-refractivity contribution in [3.05, 3.63) is 0 Å². The van der Waals surface area contributed by atoms with Gasteiger partial charge in [0.1, 0.15) is 5.60 Å². The zero-order valence-electron chi connectivity index (χ0n) is 14.2. The van der Waals surface area contributed by atoms with Crippen LogP contribution in [-0.4, -0.2) is 24.1 Å². The molecule has 1 saturated carbocycles. The summed E-state index contributed by atoms with van der Waals surface area (Å²) < 4.78 is 10.7. The Kier molecular flexibility index (Phi) is 6.24. The molecule has 1 unspecified atom stereocenters. The van der Waals surface area contributed by atoms with Crippen molar-refractivity contribution in [2.45, 2.75) is 78.7 Å². The van der Waals surface area contributed by atoms with Crippen molar-refractivity contribution < 1.29 is 19.1 Å². The van der Waals surface area contributed by atoms with Crippen LogP contribution in [-0.2, 0) is 19.1 Å². The van der Waals surface area contributed by atoms with Crippen molar-refractivity contribution in [3.63, 3.8) is 0 Å². The summed E-state index contributed by atoms with van der Waals surface area (Å²) in [6.45, 7) is 9.05. The fourth-order valence-corrected chi connectivity index (χ4v) is 2.79. The molecular formula is C17H30O4. The highest BCUT2D eigenvalue weighted by Crippen LogP contribution is 2.37. The molecule has 0 heterocycles. The fourth-order valence-electron chi connectivity index (χ4n) is 2.79. The minimum atomic E-state index is -0.599. The first kappa shape index (κ1) is 18.0. The molecule has 0 aromatic carbocycles. The predicted molar refractivity (Wildman–Crippen MR) is 81.8 cm³/mol. The maximum Gasteiger partial charge on any atom is 0.344 e. The Bertz CT molecular complexity index is 363. The van der Waals surface area contributed by atoms with E-state index in [-0.39, 0.29) is 12.6 Å². The van der Waals surface area contributed by atoms with Gasteiger partial charge in [-0.2, -0.15) is 0 Å². The number of hydrogen-bond donors (Lipinski definition) is 0. The summed E-state index contributed by atoms with van der Waals surface area (Å²) in [5.41, 5.74) is -1.04. The number of hydrogen-bond acceptors (Lipinski definition) is 4. The average Bonchev–Trinajstić information content (AvgIpc) is 2.44. The van der Waals surface area contributed by atoms with Crippen molar-refractivity contribution in [2.75, 3.05) is 6.61 Å². The molecule has 1 fully saturated rings. The highest BCUT2D eigenvalue weighted by Gasteiger charge is 2.37. The van der Waals surface area contributed by atoms with Crippen LogP contribution in [0.25, 0.3) is 0 Å². The van der Waals surface area contributed by atoms with E-state index >= 15 is 0 Å². The molecule has 4 nitrogen and oxygen atoms in total. The zero-order valence-corrected chi connectivity index (χ0v) is 14.2. The first-order valence-corrected chi connectivity index (χ1v) is 8.08. The summed E-state index contributed by atoms with van der Waals surface area (Å²) in [7, 11) is 0. The lowest BCUT2D eigenvalue weighted by Crippen LogP contribution is -2.41. The van der Waals surface area contributed by atoms with E-state index in [1.165, 1.54) is 19.3 Å². The van der Waals surface area contributed by atoms with Gasteiger partial charge in [0, 0.05) is 0 Å². The Morgan fingerprint density at radius 1 is 1.05 bits per heavy atom. The lowest BCUT2D eigenvalue weighted by Gasteiger charge is -2.38. The fraction of sp³-hybridized carbons (Fsp3) is 0.882. The second kappa shape index (κ2) is 7.28. The Morgan fingerprint density at radius 2 is 1.62 bits per heavy atom. The topological polar surface area (TPSA) is 52.6 Å². The van der Waals surface area contributed by atoms with Crippen LogP contribution in [0, 0.1) is 11.3 Å². The molecule has 1 rings (SSSR count). The van der Waals surface area contributed by atoms with Crippen LogP contribution in [0.2, 0.25) is 0 Å². The maximum absolute atomic E-state index is 12.0. The van der Waals surface area contributed by atoms with Crippen molar-refractivity contribution in [3.8, 4) is 0 Å². The van der Waals surface area contributed by atoms with Gasteiger partial charge in [-0.15, -0.1) is 0 Å². The van der Waals surface area contributed by atoms with Gasteiger partial charge in [-0.1, -0.05) is 26.2 Å². The smallest absolute Gasteiger partial charge is 0.344 e. The molecule has 1 aliphatic rings. The van der Waals surface area contributed by atoms with E-state index in [0.717, 1.165) is 19.3 Å². The molecule has 122 valence electrons. The minimum absolute atomic E-state index is 0.293. The second-order valence-electron chi connectivity index (χ2n) is 7.30. The summed E-state index contributed by atoms with van der Waals surface area (Å²) in [5, 5.41) is 0. The molecule has 0 amide bonds. The van der Waals surface area contributed by atoms with Crippen LogP contribution < -0.4 is 0 Å². The predicted octanol–water partition coefficient (Wildman–Crippen LogP) is 3.87. The van der Waals surface area contributed by atoms with Crippen molar-refractivity contribution in [1.82, 2.24) is 0 Å². The molecule has 1 atom stereocenters. The lowest BCUT2D eigenvalue weighted by atomic mass is 9.76. The number of ether oxygens (including phenoxy) is 2. The summed E-state index contributed by atoms with van der Waals surface area (Å²) in [5.74, 6) is -0.406.